The van der Waals surface area contributed by atoms with E-state index >= 15 is 0 Å². The van der Waals surface area contributed by atoms with Crippen LogP contribution in [-0.2, 0) is 5.41 Å². The van der Waals surface area contributed by atoms with Gasteiger partial charge in [0.2, 0.25) is 0 Å². The van der Waals surface area contributed by atoms with E-state index in [9.17, 15) is 0 Å². The zero-order valence-corrected chi connectivity index (χ0v) is 36.0. The second kappa shape index (κ2) is 15.0. The number of fused-ring (bicyclic) bond motifs is 4. The average molecular weight is 824 g/mol. The van der Waals surface area contributed by atoms with Gasteiger partial charge in [0.15, 0.2) is 0 Å². The number of anilines is 3. The van der Waals surface area contributed by atoms with Gasteiger partial charge < -0.3 is 9.32 Å². The first-order chi connectivity index (χ1) is 31.6. The third kappa shape index (κ3) is 6.30. The van der Waals surface area contributed by atoms with Crippen LogP contribution in [0.5, 0.6) is 0 Å². The first-order valence-electron chi connectivity index (χ1n) is 23.3. The highest BCUT2D eigenvalue weighted by Crippen LogP contribution is 2.61. The summed E-state index contributed by atoms with van der Waals surface area (Å²) < 4.78 is 6.54. The highest BCUT2D eigenvalue weighted by Gasteiger charge is 2.51. The van der Waals surface area contributed by atoms with Crippen molar-refractivity contribution < 1.29 is 4.42 Å². The Morgan fingerprint density at radius 3 is 1.58 bits per heavy atom. The lowest BCUT2D eigenvalue weighted by atomic mass is 9.48. The Morgan fingerprint density at radius 1 is 0.391 bits per heavy atom. The summed E-state index contributed by atoms with van der Waals surface area (Å²) in [6, 6.07) is 75.8. The molecule has 1 aromatic heterocycles. The van der Waals surface area contributed by atoms with Gasteiger partial charge in [-0.3, -0.25) is 0 Å². The van der Waals surface area contributed by atoms with Gasteiger partial charge in [0.1, 0.15) is 11.2 Å². The molecule has 1 heterocycles. The van der Waals surface area contributed by atoms with Crippen LogP contribution in [0.2, 0.25) is 0 Å². The zero-order chi connectivity index (χ0) is 42.2. The molecule has 4 aliphatic rings. The van der Waals surface area contributed by atoms with E-state index in [4.69, 9.17) is 4.42 Å². The molecule has 64 heavy (non-hydrogen) atoms. The SMILES string of the molecule is c1ccc(-c2cccc3cccc(-c4ccc(N(c5ccc(-c6ccc(C78CC9CC(CC(C9)C7)C8)cc6)cc5)c5cccc(-c6cccc7c6oc6ccccc67)c5)cc4)c23)cc1. The van der Waals surface area contributed by atoms with Crippen molar-refractivity contribution in [3.05, 3.63) is 212 Å². The van der Waals surface area contributed by atoms with E-state index in [-0.39, 0.29) is 0 Å². The molecule has 4 saturated carbocycles. The van der Waals surface area contributed by atoms with Gasteiger partial charge in [-0.15, -0.1) is 0 Å². The van der Waals surface area contributed by atoms with E-state index in [1.54, 1.807) is 5.56 Å². The van der Waals surface area contributed by atoms with Crippen LogP contribution in [-0.4, -0.2) is 0 Å². The first kappa shape index (κ1) is 37.4. The molecule has 308 valence electrons. The van der Waals surface area contributed by atoms with Crippen molar-refractivity contribution in [3.63, 3.8) is 0 Å². The summed E-state index contributed by atoms with van der Waals surface area (Å²) in [5.74, 6) is 2.84. The molecule has 0 atom stereocenters. The summed E-state index contributed by atoms with van der Waals surface area (Å²) in [5, 5.41) is 4.79. The molecule has 4 aliphatic carbocycles. The molecule has 0 radical (unpaired) electrons. The maximum Gasteiger partial charge on any atom is 0.143 e. The van der Waals surface area contributed by atoms with Gasteiger partial charge in [0.25, 0.3) is 0 Å². The number of hydrogen-bond donors (Lipinski definition) is 0. The Labute approximate surface area is 375 Å². The van der Waals surface area contributed by atoms with Crippen LogP contribution in [0.15, 0.2) is 211 Å². The number of benzene rings is 9. The number of rotatable bonds is 8. The molecule has 14 rings (SSSR count). The van der Waals surface area contributed by atoms with Crippen molar-refractivity contribution in [2.24, 2.45) is 17.8 Å². The van der Waals surface area contributed by atoms with Gasteiger partial charge >= 0.3 is 0 Å². The second-order valence-electron chi connectivity index (χ2n) is 19.1. The summed E-state index contributed by atoms with van der Waals surface area (Å²) in [5.41, 5.74) is 16.7. The highest BCUT2D eigenvalue weighted by atomic mass is 16.3. The first-order valence-corrected chi connectivity index (χ1v) is 23.3. The minimum atomic E-state index is 0.412. The summed E-state index contributed by atoms with van der Waals surface area (Å²) >= 11 is 0. The van der Waals surface area contributed by atoms with Crippen molar-refractivity contribution in [2.75, 3.05) is 4.90 Å². The van der Waals surface area contributed by atoms with Crippen LogP contribution in [0.25, 0.3) is 77.2 Å². The molecule has 10 aromatic rings. The maximum absolute atomic E-state index is 6.54. The molecule has 0 saturated heterocycles. The summed E-state index contributed by atoms with van der Waals surface area (Å²) in [4.78, 5) is 2.39. The summed E-state index contributed by atoms with van der Waals surface area (Å²) in [6.07, 6.45) is 8.63. The molecule has 0 spiro atoms. The molecular weight excluding hydrogens is 775 g/mol. The number of furan rings is 1. The molecule has 0 N–H and O–H groups in total. The van der Waals surface area contributed by atoms with Crippen molar-refractivity contribution >= 4 is 49.8 Å². The molecule has 4 fully saturated rings. The van der Waals surface area contributed by atoms with E-state index in [0.29, 0.717) is 5.41 Å². The van der Waals surface area contributed by atoms with Gasteiger partial charge in [0.05, 0.1) is 0 Å². The van der Waals surface area contributed by atoms with Crippen molar-refractivity contribution in [2.45, 2.75) is 43.9 Å². The summed E-state index contributed by atoms with van der Waals surface area (Å²) in [7, 11) is 0. The zero-order valence-electron chi connectivity index (χ0n) is 36.0. The van der Waals surface area contributed by atoms with E-state index in [0.717, 1.165) is 67.9 Å². The largest absolute Gasteiger partial charge is 0.455 e. The van der Waals surface area contributed by atoms with Gasteiger partial charge in [-0.2, -0.15) is 0 Å². The smallest absolute Gasteiger partial charge is 0.143 e. The maximum atomic E-state index is 6.54. The third-order valence-electron chi connectivity index (χ3n) is 15.2. The van der Waals surface area contributed by atoms with Crippen LogP contribution in [0.4, 0.5) is 17.1 Å². The Balaban J connectivity index is 0.887. The Morgan fingerprint density at radius 2 is 0.906 bits per heavy atom. The number of nitrogens with zero attached hydrogens (tertiary/aromatic N) is 1. The third-order valence-corrected chi connectivity index (χ3v) is 15.2. The highest BCUT2D eigenvalue weighted by molar-refractivity contribution is 6.10. The lowest BCUT2D eigenvalue weighted by molar-refractivity contribution is -0.00518. The van der Waals surface area contributed by atoms with E-state index in [1.807, 2.05) is 6.07 Å². The monoisotopic (exact) mass is 823 g/mol. The fraction of sp³-hybridized carbons (Fsp3) is 0.161. The minimum Gasteiger partial charge on any atom is -0.455 e. The van der Waals surface area contributed by atoms with Gasteiger partial charge in [-0.1, -0.05) is 164 Å². The average Bonchev–Trinajstić information content (AvgIpc) is 3.73. The topological polar surface area (TPSA) is 16.4 Å². The molecule has 0 amide bonds. The van der Waals surface area contributed by atoms with Crippen molar-refractivity contribution in [1.29, 1.82) is 0 Å². The normalized spacial score (nSPS) is 20.0. The fourth-order valence-corrected chi connectivity index (χ4v) is 12.7. The predicted molar refractivity (Wildman–Crippen MR) is 268 cm³/mol. The van der Waals surface area contributed by atoms with Crippen LogP contribution in [0.1, 0.15) is 44.1 Å². The van der Waals surface area contributed by atoms with Gasteiger partial charge in [-0.05, 0) is 159 Å². The minimum absolute atomic E-state index is 0.412. The molecule has 9 aromatic carbocycles. The number of para-hydroxylation sites is 2. The second-order valence-corrected chi connectivity index (χ2v) is 19.1. The van der Waals surface area contributed by atoms with Crippen LogP contribution in [0, 0.1) is 17.8 Å². The molecule has 2 heteroatoms. The molecule has 0 unspecified atom stereocenters. The van der Waals surface area contributed by atoms with E-state index < -0.39 is 0 Å². The fourth-order valence-electron chi connectivity index (χ4n) is 12.7. The van der Waals surface area contributed by atoms with Crippen LogP contribution >= 0.6 is 0 Å². The summed E-state index contributed by atoms with van der Waals surface area (Å²) in [6.45, 7) is 0. The van der Waals surface area contributed by atoms with Crippen LogP contribution in [0.3, 0.4) is 0 Å². The van der Waals surface area contributed by atoms with Gasteiger partial charge in [-0.25, -0.2) is 0 Å². The quantitative estimate of drug-likeness (QED) is 0.152. The predicted octanol–water partition coefficient (Wildman–Crippen LogP) is 17.3. The lowest BCUT2D eigenvalue weighted by Gasteiger charge is -2.57. The van der Waals surface area contributed by atoms with Crippen molar-refractivity contribution in [1.82, 2.24) is 0 Å². The molecule has 4 bridgehead atoms. The van der Waals surface area contributed by atoms with E-state index in [1.165, 1.54) is 82.7 Å². The Bertz CT molecular complexity index is 3300. The standard InChI is InChI=1S/C62H49NO/c1-2-10-46(11-3-1)54-17-7-12-48-13-8-18-55(60(48)54)47-26-32-52(33-27-47)63(53-15-6-14-49(37-53)56-19-9-20-58-57-16-4-5-21-59(57)64-61(56)58)51-30-24-45(25-31-51)44-22-28-50(29-23-44)62-38-41-34-42(39-62)36-43(35-41)40-62/h1-33,37,41-43H,34-36,38-40H2. The van der Waals surface area contributed by atoms with E-state index in [2.05, 4.69) is 205 Å². The Kier molecular flexibility index (Phi) is 8.76. The van der Waals surface area contributed by atoms with Crippen LogP contribution < -0.4 is 4.90 Å². The lowest BCUT2D eigenvalue weighted by Crippen LogP contribution is -2.48. The number of hydrogen-bond acceptors (Lipinski definition) is 2. The van der Waals surface area contributed by atoms with Crippen molar-refractivity contribution in [3.8, 4) is 44.5 Å². The molecular formula is C62H49NO. The Hall–Kier alpha value is -7.16. The molecule has 2 nitrogen and oxygen atoms in total. The molecule has 0 aliphatic heterocycles. The van der Waals surface area contributed by atoms with Gasteiger partial charge in [0, 0.05) is 33.4 Å².